The number of pyridine rings is 1. The van der Waals surface area contributed by atoms with Gasteiger partial charge in [-0.05, 0) is 35.0 Å². The van der Waals surface area contributed by atoms with E-state index in [1.807, 2.05) is 6.92 Å². The summed E-state index contributed by atoms with van der Waals surface area (Å²) in [6.07, 6.45) is 0. The fourth-order valence-corrected chi connectivity index (χ4v) is 1.77. The molecule has 0 radical (unpaired) electrons. The summed E-state index contributed by atoms with van der Waals surface area (Å²) >= 11 is 3.34. The Morgan fingerprint density at radius 1 is 1.25 bits per heavy atom. The lowest BCUT2D eigenvalue weighted by Gasteiger charge is -2.10. The van der Waals surface area contributed by atoms with Crippen LogP contribution in [0.1, 0.15) is 5.69 Å². The molecule has 7 heteroatoms. The number of hydrogen-bond donors (Lipinski definition) is 0. The number of nitro groups is 1. The zero-order valence-electron chi connectivity index (χ0n) is 10.8. The van der Waals surface area contributed by atoms with Crippen LogP contribution in [-0.2, 0) is 0 Å². The third-order valence-electron chi connectivity index (χ3n) is 2.57. The number of ether oxygens (including phenoxy) is 2. The van der Waals surface area contributed by atoms with Crippen LogP contribution in [0.25, 0.3) is 0 Å². The molecule has 0 amide bonds. The van der Waals surface area contributed by atoms with Gasteiger partial charge in [0.1, 0.15) is 0 Å². The maximum Gasteiger partial charge on any atom is 0.273 e. The molecule has 1 heterocycles. The van der Waals surface area contributed by atoms with Crippen molar-refractivity contribution in [2.45, 2.75) is 6.92 Å². The summed E-state index contributed by atoms with van der Waals surface area (Å²) in [5, 5.41) is 10.8. The van der Waals surface area contributed by atoms with Gasteiger partial charge in [-0.25, -0.2) is 4.98 Å². The number of hydrogen-bond acceptors (Lipinski definition) is 5. The second kappa shape index (κ2) is 5.87. The van der Waals surface area contributed by atoms with Gasteiger partial charge in [0.15, 0.2) is 11.5 Å². The first-order chi connectivity index (χ1) is 9.51. The topological polar surface area (TPSA) is 74.5 Å². The molecule has 0 spiro atoms. The Morgan fingerprint density at radius 2 is 2.00 bits per heavy atom. The highest BCUT2D eigenvalue weighted by Crippen LogP contribution is 2.34. The number of benzene rings is 1. The van der Waals surface area contributed by atoms with Crippen molar-refractivity contribution in [3.8, 4) is 17.4 Å². The molecule has 0 aliphatic heterocycles. The molecule has 2 aromatic rings. The Balaban J connectivity index is 2.37. The predicted octanol–water partition coefficient (Wildman–Crippen LogP) is 3.86. The van der Waals surface area contributed by atoms with Gasteiger partial charge < -0.3 is 9.47 Å². The maximum absolute atomic E-state index is 10.8. The summed E-state index contributed by atoms with van der Waals surface area (Å²) in [6, 6.07) is 7.60. The Morgan fingerprint density at radius 3 is 2.60 bits per heavy atom. The molecule has 0 N–H and O–H groups in total. The molecule has 0 aliphatic carbocycles. The van der Waals surface area contributed by atoms with Gasteiger partial charge in [0.05, 0.1) is 23.8 Å². The van der Waals surface area contributed by atoms with Crippen LogP contribution in [0.5, 0.6) is 17.4 Å². The Hall–Kier alpha value is -2.15. The van der Waals surface area contributed by atoms with Gasteiger partial charge in [0.25, 0.3) is 5.69 Å². The highest BCUT2D eigenvalue weighted by molar-refractivity contribution is 9.10. The van der Waals surface area contributed by atoms with E-state index in [9.17, 15) is 10.1 Å². The summed E-state index contributed by atoms with van der Waals surface area (Å²) in [6.45, 7) is 1.82. The molecule has 104 valence electrons. The first-order valence-electron chi connectivity index (χ1n) is 5.64. The van der Waals surface area contributed by atoms with Crippen LogP contribution in [0.15, 0.2) is 34.8 Å². The van der Waals surface area contributed by atoms with Crippen molar-refractivity contribution in [2.24, 2.45) is 0 Å². The molecular weight excluding hydrogens is 328 g/mol. The maximum atomic E-state index is 10.8. The summed E-state index contributed by atoms with van der Waals surface area (Å²) < 4.78 is 11.5. The SMILES string of the molecule is COc1ccc([N+](=O)[O-])cc1Oc1ccc(Br)c(C)n1. The number of nitro benzene ring substituents is 1. The number of aromatic nitrogens is 1. The van der Waals surface area contributed by atoms with Gasteiger partial charge in [-0.3, -0.25) is 10.1 Å². The predicted molar refractivity (Wildman–Crippen MR) is 76.4 cm³/mol. The minimum atomic E-state index is -0.493. The highest BCUT2D eigenvalue weighted by Gasteiger charge is 2.14. The zero-order valence-corrected chi connectivity index (χ0v) is 12.4. The van der Waals surface area contributed by atoms with Crippen LogP contribution in [0.4, 0.5) is 5.69 Å². The first-order valence-corrected chi connectivity index (χ1v) is 6.44. The lowest BCUT2D eigenvalue weighted by atomic mass is 10.3. The van der Waals surface area contributed by atoms with E-state index in [1.54, 1.807) is 12.1 Å². The van der Waals surface area contributed by atoms with E-state index in [4.69, 9.17) is 9.47 Å². The smallest absolute Gasteiger partial charge is 0.273 e. The van der Waals surface area contributed by atoms with Crippen molar-refractivity contribution in [3.63, 3.8) is 0 Å². The summed E-state index contributed by atoms with van der Waals surface area (Å²) in [5.74, 6) is 0.985. The monoisotopic (exact) mass is 338 g/mol. The molecule has 1 aromatic carbocycles. The van der Waals surface area contributed by atoms with Gasteiger partial charge in [-0.15, -0.1) is 0 Å². The van der Waals surface area contributed by atoms with Crippen molar-refractivity contribution in [1.82, 2.24) is 4.98 Å². The lowest BCUT2D eigenvalue weighted by Crippen LogP contribution is -1.95. The molecule has 6 nitrogen and oxygen atoms in total. The molecule has 1 aromatic heterocycles. The van der Waals surface area contributed by atoms with Crippen molar-refractivity contribution < 1.29 is 14.4 Å². The van der Waals surface area contributed by atoms with E-state index < -0.39 is 4.92 Å². The van der Waals surface area contributed by atoms with Crippen LogP contribution in [0.2, 0.25) is 0 Å². The number of non-ortho nitro benzene ring substituents is 1. The van der Waals surface area contributed by atoms with Crippen molar-refractivity contribution in [2.75, 3.05) is 7.11 Å². The third kappa shape index (κ3) is 3.05. The average Bonchev–Trinajstić information content (AvgIpc) is 2.42. The van der Waals surface area contributed by atoms with Gasteiger partial charge in [0, 0.05) is 16.6 Å². The molecule has 0 fully saturated rings. The number of methoxy groups -OCH3 is 1. The van der Waals surface area contributed by atoms with Crippen molar-refractivity contribution >= 4 is 21.6 Å². The van der Waals surface area contributed by atoms with Crippen LogP contribution < -0.4 is 9.47 Å². The highest BCUT2D eigenvalue weighted by atomic mass is 79.9. The lowest BCUT2D eigenvalue weighted by molar-refractivity contribution is -0.384. The summed E-state index contributed by atoms with van der Waals surface area (Å²) in [4.78, 5) is 14.5. The van der Waals surface area contributed by atoms with Crippen molar-refractivity contribution in [1.29, 1.82) is 0 Å². The van der Waals surface area contributed by atoms with Gasteiger partial charge in [0.2, 0.25) is 5.88 Å². The third-order valence-corrected chi connectivity index (χ3v) is 3.41. The van der Waals surface area contributed by atoms with Gasteiger partial charge in [-0.1, -0.05) is 0 Å². The minimum absolute atomic E-state index is 0.0744. The van der Waals surface area contributed by atoms with Crippen molar-refractivity contribution in [3.05, 3.63) is 50.6 Å². The molecule has 0 saturated carbocycles. The second-order valence-corrected chi connectivity index (χ2v) is 4.77. The normalized spacial score (nSPS) is 10.2. The molecule has 0 unspecified atom stereocenters. The average molecular weight is 339 g/mol. The van der Waals surface area contributed by atoms with Crippen LogP contribution in [0.3, 0.4) is 0 Å². The quantitative estimate of drug-likeness (QED) is 0.625. The fraction of sp³-hybridized carbons (Fsp3) is 0.154. The van der Waals surface area contributed by atoms with E-state index in [0.29, 0.717) is 11.6 Å². The molecule has 2 rings (SSSR count). The minimum Gasteiger partial charge on any atom is -0.493 e. The van der Waals surface area contributed by atoms with E-state index in [-0.39, 0.29) is 11.4 Å². The van der Waals surface area contributed by atoms with Crippen LogP contribution >= 0.6 is 15.9 Å². The van der Waals surface area contributed by atoms with E-state index in [0.717, 1.165) is 10.2 Å². The molecule has 0 atom stereocenters. The molecular formula is C13H11BrN2O4. The molecule has 0 saturated heterocycles. The Labute approximate surface area is 123 Å². The number of rotatable bonds is 4. The largest absolute Gasteiger partial charge is 0.493 e. The van der Waals surface area contributed by atoms with Crippen LogP contribution in [-0.4, -0.2) is 17.0 Å². The summed E-state index contributed by atoms with van der Waals surface area (Å²) in [7, 11) is 1.47. The standard InChI is InChI=1S/C13H11BrN2O4/c1-8-10(14)4-6-13(15-8)20-12-7-9(16(17)18)3-5-11(12)19-2/h3-7H,1-2H3. The van der Waals surface area contributed by atoms with E-state index in [2.05, 4.69) is 20.9 Å². The molecule has 20 heavy (non-hydrogen) atoms. The van der Waals surface area contributed by atoms with E-state index in [1.165, 1.54) is 25.3 Å². The van der Waals surface area contributed by atoms with Crippen LogP contribution in [0, 0.1) is 17.0 Å². The molecule has 0 aliphatic rings. The number of halogens is 1. The van der Waals surface area contributed by atoms with E-state index >= 15 is 0 Å². The first kappa shape index (κ1) is 14.3. The second-order valence-electron chi connectivity index (χ2n) is 3.91. The fourth-order valence-electron chi connectivity index (χ4n) is 1.55. The van der Waals surface area contributed by atoms with Gasteiger partial charge in [-0.2, -0.15) is 0 Å². The van der Waals surface area contributed by atoms with Gasteiger partial charge >= 0.3 is 0 Å². The molecule has 0 bridgehead atoms. The zero-order chi connectivity index (χ0) is 14.7. The summed E-state index contributed by atoms with van der Waals surface area (Å²) in [5.41, 5.74) is 0.682. The Kier molecular flexibility index (Phi) is 4.19. The number of aryl methyl sites for hydroxylation is 1. The number of nitrogens with zero attached hydrogens (tertiary/aromatic N) is 2. The Bertz CT molecular complexity index is 661.